The van der Waals surface area contributed by atoms with Crippen LogP contribution >= 0.6 is 24.0 Å². The minimum Gasteiger partial charge on any atom is -0.376 e. The number of piperidine rings is 1. The molecule has 6 heteroatoms. The van der Waals surface area contributed by atoms with E-state index >= 15 is 0 Å². The van der Waals surface area contributed by atoms with Crippen LogP contribution in [0.3, 0.4) is 0 Å². The van der Waals surface area contributed by atoms with Gasteiger partial charge in [0.25, 0.3) is 0 Å². The van der Waals surface area contributed by atoms with Gasteiger partial charge in [0.2, 0.25) is 0 Å². The van der Waals surface area contributed by atoms with Crippen molar-refractivity contribution >= 4 is 29.9 Å². The summed E-state index contributed by atoms with van der Waals surface area (Å²) in [5.74, 6) is 1.05. The molecule has 2 saturated heterocycles. The number of ether oxygens (including phenoxy) is 2. The minimum absolute atomic E-state index is 0. The van der Waals surface area contributed by atoms with Gasteiger partial charge < -0.3 is 19.7 Å². The Morgan fingerprint density at radius 2 is 1.90 bits per heavy atom. The highest BCUT2D eigenvalue weighted by atomic mass is 127. The number of likely N-dealkylation sites (tertiary alicyclic amines) is 1. The van der Waals surface area contributed by atoms with Crippen molar-refractivity contribution < 1.29 is 9.47 Å². The Morgan fingerprint density at radius 3 is 2.52 bits per heavy atom. The lowest BCUT2D eigenvalue weighted by atomic mass is 10.1. The molecule has 0 radical (unpaired) electrons. The molecule has 29 heavy (non-hydrogen) atoms. The minimum atomic E-state index is 0. The summed E-state index contributed by atoms with van der Waals surface area (Å²) >= 11 is 0. The predicted octanol–water partition coefficient (Wildman–Crippen LogP) is 4.09. The highest BCUT2D eigenvalue weighted by Crippen LogP contribution is 2.18. The van der Waals surface area contributed by atoms with Crippen molar-refractivity contribution in [2.24, 2.45) is 4.99 Å². The van der Waals surface area contributed by atoms with Crippen LogP contribution in [-0.4, -0.2) is 62.5 Å². The van der Waals surface area contributed by atoms with Gasteiger partial charge in [-0.25, -0.2) is 0 Å². The second-order valence-corrected chi connectivity index (χ2v) is 8.14. The summed E-state index contributed by atoms with van der Waals surface area (Å²) in [5.41, 5.74) is 4.03. The maximum atomic E-state index is 6.10. The quantitative estimate of drug-likeness (QED) is 0.338. The lowest BCUT2D eigenvalue weighted by Crippen LogP contribution is -2.47. The Bertz CT molecular complexity index is 619. The van der Waals surface area contributed by atoms with Crippen LogP contribution in [0.5, 0.6) is 0 Å². The molecule has 2 heterocycles. The Balaban J connectivity index is 0.00000300. The van der Waals surface area contributed by atoms with Crippen LogP contribution in [0.2, 0.25) is 0 Å². The SMILES string of the molecule is CCNC(=NCCc1cc(C)cc(C)c1)N1CCC(OCC2CCCO2)CC1.I. The first-order valence-corrected chi connectivity index (χ1v) is 11.0. The van der Waals surface area contributed by atoms with Gasteiger partial charge in [0.1, 0.15) is 0 Å². The van der Waals surface area contributed by atoms with Gasteiger partial charge in [-0.05, 0) is 58.4 Å². The lowest BCUT2D eigenvalue weighted by Gasteiger charge is -2.34. The first kappa shape index (κ1) is 24.4. The number of hydrogen-bond donors (Lipinski definition) is 1. The fourth-order valence-corrected chi connectivity index (χ4v) is 4.18. The predicted molar refractivity (Wildman–Crippen MR) is 131 cm³/mol. The molecule has 0 aromatic heterocycles. The molecule has 2 aliphatic heterocycles. The summed E-state index contributed by atoms with van der Waals surface area (Å²) in [6.07, 6.45) is 6.12. The van der Waals surface area contributed by atoms with Crippen molar-refractivity contribution in [1.29, 1.82) is 0 Å². The topological polar surface area (TPSA) is 46.1 Å². The summed E-state index contributed by atoms with van der Waals surface area (Å²) in [4.78, 5) is 7.28. The highest BCUT2D eigenvalue weighted by Gasteiger charge is 2.24. The summed E-state index contributed by atoms with van der Waals surface area (Å²) in [6.45, 7) is 11.8. The third-order valence-corrected chi connectivity index (χ3v) is 5.56. The van der Waals surface area contributed by atoms with E-state index in [4.69, 9.17) is 14.5 Å². The van der Waals surface area contributed by atoms with E-state index in [0.29, 0.717) is 12.2 Å². The molecule has 0 amide bonds. The fraction of sp³-hybridized carbons (Fsp3) is 0.696. The molecule has 1 aromatic carbocycles. The van der Waals surface area contributed by atoms with Crippen LogP contribution < -0.4 is 5.32 Å². The Hall–Kier alpha value is -0.860. The number of hydrogen-bond acceptors (Lipinski definition) is 3. The normalized spacial score (nSPS) is 20.6. The van der Waals surface area contributed by atoms with E-state index in [1.54, 1.807) is 0 Å². The second-order valence-electron chi connectivity index (χ2n) is 8.14. The van der Waals surface area contributed by atoms with Gasteiger partial charge in [-0.2, -0.15) is 0 Å². The third kappa shape index (κ3) is 8.06. The van der Waals surface area contributed by atoms with Gasteiger partial charge >= 0.3 is 0 Å². The zero-order valence-electron chi connectivity index (χ0n) is 18.3. The van der Waals surface area contributed by atoms with Crippen LogP contribution in [0, 0.1) is 13.8 Å². The molecule has 1 N–H and O–H groups in total. The van der Waals surface area contributed by atoms with Crippen molar-refractivity contribution in [3.05, 3.63) is 34.9 Å². The summed E-state index contributed by atoms with van der Waals surface area (Å²) in [7, 11) is 0. The largest absolute Gasteiger partial charge is 0.376 e. The third-order valence-electron chi connectivity index (χ3n) is 5.56. The van der Waals surface area contributed by atoms with Crippen molar-refractivity contribution in [3.63, 3.8) is 0 Å². The average molecular weight is 515 g/mol. The number of aliphatic imine (C=N–C) groups is 1. The zero-order chi connectivity index (χ0) is 19.8. The maximum Gasteiger partial charge on any atom is 0.193 e. The van der Waals surface area contributed by atoms with Crippen molar-refractivity contribution in [1.82, 2.24) is 10.2 Å². The molecule has 2 aliphatic rings. The van der Waals surface area contributed by atoms with Gasteiger partial charge in [-0.3, -0.25) is 4.99 Å². The van der Waals surface area contributed by atoms with E-state index < -0.39 is 0 Å². The van der Waals surface area contributed by atoms with E-state index in [2.05, 4.69) is 49.2 Å². The van der Waals surface area contributed by atoms with E-state index in [1.807, 2.05) is 0 Å². The first-order valence-electron chi connectivity index (χ1n) is 11.0. The Kier molecular flexibility index (Phi) is 10.7. The summed E-state index contributed by atoms with van der Waals surface area (Å²) in [5, 5.41) is 3.47. The van der Waals surface area contributed by atoms with E-state index in [0.717, 1.165) is 71.0 Å². The maximum absolute atomic E-state index is 6.10. The van der Waals surface area contributed by atoms with Crippen molar-refractivity contribution in [2.75, 3.05) is 39.4 Å². The number of halogens is 1. The molecule has 1 unspecified atom stereocenters. The molecule has 0 spiro atoms. The van der Waals surface area contributed by atoms with Crippen LogP contribution in [0.4, 0.5) is 0 Å². The molecule has 0 saturated carbocycles. The average Bonchev–Trinajstić information content (AvgIpc) is 3.19. The molecule has 0 bridgehead atoms. The molecule has 5 nitrogen and oxygen atoms in total. The van der Waals surface area contributed by atoms with E-state index in [1.165, 1.54) is 23.1 Å². The van der Waals surface area contributed by atoms with Crippen molar-refractivity contribution in [2.45, 2.75) is 65.1 Å². The van der Waals surface area contributed by atoms with Crippen LogP contribution in [0.1, 0.15) is 49.3 Å². The van der Waals surface area contributed by atoms with E-state index in [-0.39, 0.29) is 24.0 Å². The molecule has 2 fully saturated rings. The monoisotopic (exact) mass is 515 g/mol. The van der Waals surface area contributed by atoms with Gasteiger partial charge in [0.15, 0.2) is 5.96 Å². The Labute approximate surface area is 193 Å². The van der Waals surface area contributed by atoms with Crippen LogP contribution in [0.15, 0.2) is 23.2 Å². The van der Waals surface area contributed by atoms with Crippen molar-refractivity contribution in [3.8, 4) is 0 Å². The number of benzene rings is 1. The highest BCUT2D eigenvalue weighted by molar-refractivity contribution is 14.0. The van der Waals surface area contributed by atoms with Crippen LogP contribution in [0.25, 0.3) is 0 Å². The molecule has 1 aromatic rings. The molecule has 0 aliphatic carbocycles. The number of nitrogens with zero attached hydrogens (tertiary/aromatic N) is 2. The first-order chi connectivity index (χ1) is 13.6. The van der Waals surface area contributed by atoms with Gasteiger partial charge in [-0.15, -0.1) is 24.0 Å². The standard InChI is InChI=1S/C23H37N3O2.HI/c1-4-24-23(25-10-7-20-15-18(2)14-19(3)16-20)26-11-8-21(9-12-26)28-17-22-6-5-13-27-22;/h14-16,21-22H,4-13,17H2,1-3H3,(H,24,25);1H. The molecule has 164 valence electrons. The summed E-state index contributed by atoms with van der Waals surface area (Å²) in [6, 6.07) is 6.76. The zero-order valence-corrected chi connectivity index (χ0v) is 20.6. The molecular formula is C23H38IN3O2. The number of aryl methyl sites for hydroxylation is 2. The van der Waals surface area contributed by atoms with Gasteiger partial charge in [0, 0.05) is 32.8 Å². The summed E-state index contributed by atoms with van der Waals surface area (Å²) < 4.78 is 11.8. The van der Waals surface area contributed by atoms with E-state index in [9.17, 15) is 0 Å². The number of nitrogens with one attached hydrogen (secondary N) is 1. The smallest absolute Gasteiger partial charge is 0.193 e. The fourth-order valence-electron chi connectivity index (χ4n) is 4.18. The van der Waals surface area contributed by atoms with Crippen LogP contribution in [-0.2, 0) is 15.9 Å². The molecule has 1 atom stereocenters. The van der Waals surface area contributed by atoms with Gasteiger partial charge in [0.05, 0.1) is 18.8 Å². The number of rotatable bonds is 7. The lowest BCUT2D eigenvalue weighted by molar-refractivity contribution is -0.0367. The Morgan fingerprint density at radius 1 is 1.17 bits per heavy atom. The second kappa shape index (κ2) is 12.7. The molecular weight excluding hydrogens is 477 g/mol. The molecule has 3 rings (SSSR count). The van der Waals surface area contributed by atoms with Gasteiger partial charge in [-0.1, -0.05) is 29.3 Å². The number of guanidine groups is 1.